The molecule has 0 aliphatic heterocycles. The minimum absolute atomic E-state index is 0.0152. The fourth-order valence-electron chi connectivity index (χ4n) is 1.38. The number of thiazole rings is 1. The van der Waals surface area contributed by atoms with Gasteiger partial charge in [0.2, 0.25) is 5.01 Å². The molecule has 0 saturated carbocycles. The zero-order valence-electron chi connectivity index (χ0n) is 9.75. The number of nitrogens with zero attached hydrogens (tertiary/aromatic N) is 1. The fraction of sp³-hybridized carbons (Fsp3) is 0.0833. The molecule has 2 aromatic rings. The molecule has 1 aromatic carbocycles. The predicted molar refractivity (Wildman–Crippen MR) is 71.7 cm³/mol. The third-order valence-electron chi connectivity index (χ3n) is 2.15. The van der Waals surface area contributed by atoms with Crippen LogP contribution >= 0.6 is 11.3 Å². The summed E-state index contributed by atoms with van der Waals surface area (Å²) >= 11 is 1.05. The van der Waals surface area contributed by atoms with E-state index in [0.29, 0.717) is 15.9 Å². The zero-order chi connectivity index (χ0) is 13.8. The van der Waals surface area contributed by atoms with Gasteiger partial charge in [-0.15, -0.1) is 11.3 Å². The van der Waals surface area contributed by atoms with Gasteiger partial charge in [0.05, 0.1) is 10.2 Å². The number of hydrogen-bond donors (Lipinski definition) is 2. The quantitative estimate of drug-likeness (QED) is 0.839. The van der Waals surface area contributed by atoms with E-state index in [1.54, 1.807) is 18.2 Å². The Morgan fingerprint density at radius 1 is 1.53 bits per heavy atom. The molecule has 19 heavy (non-hydrogen) atoms. The van der Waals surface area contributed by atoms with E-state index in [1.165, 1.54) is 6.08 Å². The monoisotopic (exact) mass is 278 g/mol. The Bertz CT molecular complexity index is 650. The van der Waals surface area contributed by atoms with Gasteiger partial charge in [0.25, 0.3) is 0 Å². The van der Waals surface area contributed by atoms with E-state index < -0.39 is 12.1 Å². The molecule has 0 bridgehead atoms. The minimum Gasteiger partial charge on any atom is -0.476 e. The maximum Gasteiger partial charge on any atom is 0.411 e. The Hall–Kier alpha value is -2.41. The van der Waals surface area contributed by atoms with E-state index in [2.05, 4.69) is 16.9 Å². The van der Waals surface area contributed by atoms with Crippen LogP contribution in [0.15, 0.2) is 30.9 Å². The van der Waals surface area contributed by atoms with Crippen molar-refractivity contribution in [3.05, 3.63) is 35.9 Å². The smallest absolute Gasteiger partial charge is 0.411 e. The summed E-state index contributed by atoms with van der Waals surface area (Å²) in [4.78, 5) is 26.1. The number of fused-ring (bicyclic) bond motifs is 1. The third-order valence-corrected chi connectivity index (χ3v) is 3.16. The van der Waals surface area contributed by atoms with Crippen LogP contribution < -0.4 is 5.32 Å². The Kier molecular flexibility index (Phi) is 3.76. The first kappa shape index (κ1) is 13.0. The second-order valence-corrected chi connectivity index (χ2v) is 4.55. The number of aromatic nitrogens is 1. The van der Waals surface area contributed by atoms with Gasteiger partial charge in [-0.25, -0.2) is 14.6 Å². The molecule has 0 atom stereocenters. The summed E-state index contributed by atoms with van der Waals surface area (Å²) in [6, 6.07) is 4.92. The molecule has 1 aromatic heterocycles. The van der Waals surface area contributed by atoms with Crippen molar-refractivity contribution in [1.82, 2.24) is 4.98 Å². The van der Waals surface area contributed by atoms with Crippen LogP contribution in [0.2, 0.25) is 0 Å². The Labute approximate surface area is 112 Å². The second kappa shape index (κ2) is 5.49. The molecule has 0 fully saturated rings. The number of anilines is 1. The molecule has 6 nitrogen and oxygen atoms in total. The van der Waals surface area contributed by atoms with Crippen LogP contribution in [0.3, 0.4) is 0 Å². The van der Waals surface area contributed by atoms with E-state index in [1.807, 2.05) is 0 Å². The summed E-state index contributed by atoms with van der Waals surface area (Å²) in [7, 11) is 0. The van der Waals surface area contributed by atoms with Gasteiger partial charge in [0, 0.05) is 5.69 Å². The first-order valence-electron chi connectivity index (χ1n) is 5.28. The number of rotatable bonds is 4. The van der Waals surface area contributed by atoms with E-state index in [-0.39, 0.29) is 11.6 Å². The molecule has 7 heteroatoms. The van der Waals surface area contributed by atoms with Crippen molar-refractivity contribution in [2.24, 2.45) is 0 Å². The number of amides is 1. The van der Waals surface area contributed by atoms with Crippen molar-refractivity contribution in [2.75, 3.05) is 11.9 Å². The van der Waals surface area contributed by atoms with Crippen molar-refractivity contribution in [3.8, 4) is 0 Å². The Balaban J connectivity index is 2.19. The summed E-state index contributed by atoms with van der Waals surface area (Å²) in [6.45, 7) is 3.56. The number of carboxylic acid groups (broad SMARTS) is 1. The number of hydrogen-bond acceptors (Lipinski definition) is 5. The van der Waals surface area contributed by atoms with Gasteiger partial charge in [-0.2, -0.15) is 0 Å². The number of aromatic carboxylic acids is 1. The van der Waals surface area contributed by atoms with Crippen molar-refractivity contribution >= 4 is 39.3 Å². The number of benzene rings is 1. The van der Waals surface area contributed by atoms with Crippen molar-refractivity contribution in [1.29, 1.82) is 0 Å². The molecular formula is C12H10N2O4S. The summed E-state index contributed by atoms with van der Waals surface area (Å²) in [5.74, 6) is -1.07. The zero-order valence-corrected chi connectivity index (χ0v) is 10.6. The number of nitrogens with one attached hydrogen (secondary N) is 1. The molecule has 0 radical (unpaired) electrons. The van der Waals surface area contributed by atoms with Gasteiger partial charge in [-0.1, -0.05) is 12.7 Å². The van der Waals surface area contributed by atoms with Crippen molar-refractivity contribution in [2.45, 2.75) is 0 Å². The van der Waals surface area contributed by atoms with Crippen LogP contribution in [0.4, 0.5) is 10.5 Å². The fourth-order valence-corrected chi connectivity index (χ4v) is 2.23. The van der Waals surface area contributed by atoms with Crippen LogP contribution in [0, 0.1) is 0 Å². The van der Waals surface area contributed by atoms with E-state index >= 15 is 0 Å². The highest BCUT2D eigenvalue weighted by molar-refractivity contribution is 7.20. The molecule has 0 saturated heterocycles. The standard InChI is InChI=1S/C12H10N2O4S/c1-2-5-18-12(17)13-7-3-4-8-9(6-7)19-10(14-8)11(15)16/h2-4,6H,1,5H2,(H,13,17)(H,15,16). The molecule has 0 aliphatic rings. The van der Waals surface area contributed by atoms with Crippen LogP contribution in [0.1, 0.15) is 9.80 Å². The summed E-state index contributed by atoms with van der Waals surface area (Å²) in [5.41, 5.74) is 1.09. The van der Waals surface area contributed by atoms with Crippen LogP contribution in [-0.4, -0.2) is 28.8 Å². The Morgan fingerprint density at radius 2 is 2.32 bits per heavy atom. The average Bonchev–Trinajstić information content (AvgIpc) is 2.79. The van der Waals surface area contributed by atoms with Gasteiger partial charge in [0.15, 0.2) is 0 Å². The first-order chi connectivity index (χ1) is 9.10. The largest absolute Gasteiger partial charge is 0.476 e. The Morgan fingerprint density at radius 3 is 3.00 bits per heavy atom. The lowest BCUT2D eigenvalue weighted by Crippen LogP contribution is -2.13. The topological polar surface area (TPSA) is 88.5 Å². The lowest BCUT2D eigenvalue weighted by atomic mass is 10.3. The number of carboxylic acids is 1. The lowest BCUT2D eigenvalue weighted by Gasteiger charge is -2.04. The average molecular weight is 278 g/mol. The van der Waals surface area contributed by atoms with Crippen LogP contribution in [0.5, 0.6) is 0 Å². The molecule has 0 aliphatic carbocycles. The summed E-state index contributed by atoms with van der Waals surface area (Å²) in [6.07, 6.45) is 0.868. The van der Waals surface area contributed by atoms with E-state index in [4.69, 9.17) is 9.84 Å². The van der Waals surface area contributed by atoms with Crippen molar-refractivity contribution in [3.63, 3.8) is 0 Å². The molecule has 98 valence electrons. The normalized spacial score (nSPS) is 10.1. The van der Waals surface area contributed by atoms with Gasteiger partial charge in [0.1, 0.15) is 6.61 Å². The molecule has 0 unspecified atom stereocenters. The maximum absolute atomic E-state index is 11.3. The molecule has 0 spiro atoms. The molecule has 2 N–H and O–H groups in total. The highest BCUT2D eigenvalue weighted by atomic mass is 32.1. The minimum atomic E-state index is -1.07. The highest BCUT2D eigenvalue weighted by Crippen LogP contribution is 2.25. The lowest BCUT2D eigenvalue weighted by molar-refractivity contribution is 0.0696. The molecular weight excluding hydrogens is 268 g/mol. The predicted octanol–water partition coefficient (Wildman–Crippen LogP) is 2.73. The first-order valence-corrected chi connectivity index (χ1v) is 6.10. The van der Waals surface area contributed by atoms with Crippen LogP contribution in [0.25, 0.3) is 10.2 Å². The summed E-state index contributed by atoms with van der Waals surface area (Å²) in [5, 5.41) is 11.4. The number of carbonyl (C=O) groups excluding carboxylic acids is 1. The maximum atomic E-state index is 11.3. The molecule has 2 rings (SSSR count). The van der Waals surface area contributed by atoms with Gasteiger partial charge >= 0.3 is 12.1 Å². The second-order valence-electron chi connectivity index (χ2n) is 3.52. The van der Waals surface area contributed by atoms with Gasteiger partial charge in [-0.05, 0) is 18.2 Å². The number of ether oxygens (including phenoxy) is 1. The SMILES string of the molecule is C=CCOC(=O)Nc1ccc2nc(C(=O)O)sc2c1. The van der Waals surface area contributed by atoms with Gasteiger partial charge in [-0.3, -0.25) is 5.32 Å². The van der Waals surface area contributed by atoms with E-state index in [9.17, 15) is 9.59 Å². The number of carbonyl (C=O) groups is 2. The molecule has 1 amide bonds. The van der Waals surface area contributed by atoms with Gasteiger partial charge < -0.3 is 9.84 Å². The third kappa shape index (κ3) is 3.08. The molecule has 1 heterocycles. The van der Waals surface area contributed by atoms with E-state index in [0.717, 1.165) is 11.3 Å². The van der Waals surface area contributed by atoms with Crippen LogP contribution in [-0.2, 0) is 4.74 Å². The summed E-state index contributed by atoms with van der Waals surface area (Å²) < 4.78 is 5.46. The highest BCUT2D eigenvalue weighted by Gasteiger charge is 2.11. The van der Waals surface area contributed by atoms with Crippen molar-refractivity contribution < 1.29 is 19.4 Å².